The quantitative estimate of drug-likeness (QED) is 0.255. The summed E-state index contributed by atoms with van der Waals surface area (Å²) in [6.07, 6.45) is 1.91. The number of ether oxygens (including phenoxy) is 1. The van der Waals surface area contributed by atoms with Crippen molar-refractivity contribution in [3.63, 3.8) is 0 Å². The van der Waals surface area contributed by atoms with E-state index in [-0.39, 0.29) is 30.0 Å². The third-order valence-corrected chi connectivity index (χ3v) is 3.98. The second kappa shape index (κ2) is 12.5. The zero-order chi connectivity index (χ0) is 18.1. The minimum atomic E-state index is 0. The van der Waals surface area contributed by atoms with Crippen molar-refractivity contribution < 1.29 is 4.74 Å². The Kier molecular flexibility index (Phi) is 12.1. The van der Waals surface area contributed by atoms with Crippen molar-refractivity contribution in [3.8, 4) is 0 Å². The molecule has 1 heterocycles. The number of aromatic nitrogens is 2. The summed E-state index contributed by atoms with van der Waals surface area (Å²) in [5.74, 6) is 1.43. The number of nitrogens with one attached hydrogen (secondary N) is 2. The summed E-state index contributed by atoms with van der Waals surface area (Å²) in [7, 11) is 3.80. The van der Waals surface area contributed by atoms with E-state index in [1.807, 2.05) is 11.7 Å². The first kappa shape index (κ1) is 24.2. The topological polar surface area (TPSA) is 63.5 Å². The molecule has 0 saturated carbocycles. The molecule has 0 aromatic carbocycles. The van der Waals surface area contributed by atoms with Crippen molar-refractivity contribution in [2.45, 2.75) is 53.5 Å². The van der Waals surface area contributed by atoms with E-state index < -0.39 is 0 Å². The molecule has 1 aromatic rings. The van der Waals surface area contributed by atoms with Crippen molar-refractivity contribution in [1.29, 1.82) is 0 Å². The first-order chi connectivity index (χ1) is 11.3. The first-order valence-corrected chi connectivity index (χ1v) is 8.89. The number of halogens is 1. The van der Waals surface area contributed by atoms with Crippen LogP contribution >= 0.6 is 24.0 Å². The maximum atomic E-state index is 5.59. The smallest absolute Gasteiger partial charge is 0.191 e. The standard InChI is InChI=1S/C18H35N5O.HI/c1-13(2)12-24-10-8-9-20-18(19-6)21-14(3)11-17-15(4)22-23(7)16(17)5;/h13-14H,8-12H2,1-7H3,(H2,19,20,21);1H. The van der Waals surface area contributed by atoms with Crippen LogP contribution in [0.5, 0.6) is 0 Å². The molecule has 0 aliphatic carbocycles. The van der Waals surface area contributed by atoms with E-state index in [2.05, 4.69) is 55.3 Å². The molecule has 7 heteroatoms. The molecule has 0 bridgehead atoms. The average molecular weight is 465 g/mol. The average Bonchev–Trinajstić information content (AvgIpc) is 2.75. The third-order valence-electron chi connectivity index (χ3n) is 3.98. The van der Waals surface area contributed by atoms with E-state index in [0.717, 1.165) is 44.3 Å². The Bertz CT molecular complexity index is 528. The lowest BCUT2D eigenvalue weighted by Gasteiger charge is -2.18. The largest absolute Gasteiger partial charge is 0.381 e. The lowest BCUT2D eigenvalue weighted by molar-refractivity contribution is 0.108. The van der Waals surface area contributed by atoms with Crippen LogP contribution in [0.2, 0.25) is 0 Å². The van der Waals surface area contributed by atoms with Crippen LogP contribution in [-0.2, 0) is 18.2 Å². The highest BCUT2D eigenvalue weighted by atomic mass is 127. The van der Waals surface area contributed by atoms with Gasteiger partial charge in [-0.15, -0.1) is 24.0 Å². The molecule has 1 aromatic heterocycles. The molecule has 0 aliphatic rings. The molecule has 0 amide bonds. The van der Waals surface area contributed by atoms with Crippen LogP contribution in [0.25, 0.3) is 0 Å². The zero-order valence-electron chi connectivity index (χ0n) is 16.8. The van der Waals surface area contributed by atoms with Gasteiger partial charge in [0.15, 0.2) is 5.96 Å². The minimum absolute atomic E-state index is 0. The van der Waals surface area contributed by atoms with E-state index in [1.54, 1.807) is 7.05 Å². The number of hydrogen-bond acceptors (Lipinski definition) is 3. The predicted octanol–water partition coefficient (Wildman–Crippen LogP) is 2.81. The molecule has 1 unspecified atom stereocenters. The summed E-state index contributed by atoms with van der Waals surface area (Å²) < 4.78 is 7.54. The summed E-state index contributed by atoms with van der Waals surface area (Å²) in [4.78, 5) is 4.30. The molecule has 146 valence electrons. The second-order valence-electron chi connectivity index (χ2n) is 6.84. The Morgan fingerprint density at radius 3 is 2.48 bits per heavy atom. The Balaban J connectivity index is 0.00000576. The molecule has 0 saturated heterocycles. The van der Waals surface area contributed by atoms with Crippen molar-refractivity contribution in [1.82, 2.24) is 20.4 Å². The fourth-order valence-electron chi connectivity index (χ4n) is 2.60. The Morgan fingerprint density at radius 1 is 1.28 bits per heavy atom. The summed E-state index contributed by atoms with van der Waals surface area (Å²) in [6, 6.07) is 0.287. The SMILES string of the molecule is CN=C(NCCCOCC(C)C)NC(C)Cc1c(C)nn(C)c1C.I. The number of guanidine groups is 1. The summed E-state index contributed by atoms with van der Waals surface area (Å²) in [5.41, 5.74) is 3.65. The Hall–Kier alpha value is -0.830. The highest BCUT2D eigenvalue weighted by Crippen LogP contribution is 2.14. The monoisotopic (exact) mass is 465 g/mol. The van der Waals surface area contributed by atoms with Gasteiger partial charge in [0.25, 0.3) is 0 Å². The van der Waals surface area contributed by atoms with Gasteiger partial charge in [0.2, 0.25) is 0 Å². The molecule has 1 rings (SSSR count). The van der Waals surface area contributed by atoms with Crippen molar-refractivity contribution in [2.24, 2.45) is 18.0 Å². The van der Waals surface area contributed by atoms with Gasteiger partial charge in [-0.2, -0.15) is 5.10 Å². The maximum absolute atomic E-state index is 5.59. The van der Waals surface area contributed by atoms with Gasteiger partial charge < -0.3 is 15.4 Å². The van der Waals surface area contributed by atoms with Crippen LogP contribution in [-0.4, -0.2) is 48.6 Å². The van der Waals surface area contributed by atoms with E-state index >= 15 is 0 Å². The van der Waals surface area contributed by atoms with Gasteiger partial charge in [-0.25, -0.2) is 0 Å². The lowest BCUT2D eigenvalue weighted by Crippen LogP contribution is -2.43. The van der Waals surface area contributed by atoms with Crippen LogP contribution in [0.3, 0.4) is 0 Å². The van der Waals surface area contributed by atoms with Gasteiger partial charge in [-0.3, -0.25) is 9.67 Å². The van der Waals surface area contributed by atoms with Crippen molar-refractivity contribution >= 4 is 29.9 Å². The van der Waals surface area contributed by atoms with Gasteiger partial charge in [0.1, 0.15) is 0 Å². The van der Waals surface area contributed by atoms with Crippen LogP contribution in [0.15, 0.2) is 4.99 Å². The summed E-state index contributed by atoms with van der Waals surface area (Å²) in [5, 5.41) is 11.3. The molecular weight excluding hydrogens is 429 g/mol. The molecule has 0 spiro atoms. The van der Waals surface area contributed by atoms with E-state index in [0.29, 0.717) is 5.92 Å². The number of hydrogen-bond donors (Lipinski definition) is 2. The van der Waals surface area contributed by atoms with E-state index in [9.17, 15) is 0 Å². The number of rotatable bonds is 9. The highest BCUT2D eigenvalue weighted by molar-refractivity contribution is 14.0. The number of aliphatic imine (C=N–C) groups is 1. The van der Waals surface area contributed by atoms with E-state index in [1.165, 1.54) is 11.3 Å². The molecule has 25 heavy (non-hydrogen) atoms. The minimum Gasteiger partial charge on any atom is -0.381 e. The first-order valence-electron chi connectivity index (χ1n) is 8.89. The lowest BCUT2D eigenvalue weighted by atomic mass is 10.1. The molecule has 0 radical (unpaired) electrons. The van der Waals surface area contributed by atoms with Crippen LogP contribution in [0.4, 0.5) is 0 Å². The van der Waals surface area contributed by atoms with Crippen molar-refractivity contribution in [3.05, 3.63) is 17.0 Å². The van der Waals surface area contributed by atoms with Crippen LogP contribution in [0.1, 0.15) is 44.1 Å². The molecule has 0 aliphatic heterocycles. The number of nitrogens with zero attached hydrogens (tertiary/aromatic N) is 3. The molecule has 0 fully saturated rings. The van der Waals surface area contributed by atoms with Gasteiger partial charge in [-0.05, 0) is 45.1 Å². The molecule has 6 nitrogen and oxygen atoms in total. The van der Waals surface area contributed by atoms with Gasteiger partial charge in [-0.1, -0.05) is 13.8 Å². The van der Waals surface area contributed by atoms with E-state index in [4.69, 9.17) is 4.74 Å². The normalized spacial score (nSPS) is 12.9. The van der Waals surface area contributed by atoms with Crippen molar-refractivity contribution in [2.75, 3.05) is 26.8 Å². The molecule has 2 N–H and O–H groups in total. The van der Waals surface area contributed by atoms with Crippen LogP contribution in [0, 0.1) is 19.8 Å². The summed E-state index contributed by atoms with van der Waals surface area (Å²) >= 11 is 0. The molecular formula is C18H36IN5O. The maximum Gasteiger partial charge on any atom is 0.191 e. The fraction of sp³-hybridized carbons (Fsp3) is 0.778. The predicted molar refractivity (Wildman–Crippen MR) is 116 cm³/mol. The second-order valence-corrected chi connectivity index (χ2v) is 6.84. The van der Waals surface area contributed by atoms with Gasteiger partial charge >= 0.3 is 0 Å². The fourth-order valence-corrected chi connectivity index (χ4v) is 2.60. The van der Waals surface area contributed by atoms with Gasteiger partial charge in [0, 0.05) is 45.6 Å². The molecule has 1 atom stereocenters. The number of aryl methyl sites for hydroxylation is 2. The Labute approximate surface area is 170 Å². The highest BCUT2D eigenvalue weighted by Gasteiger charge is 2.13. The summed E-state index contributed by atoms with van der Waals surface area (Å²) in [6.45, 7) is 13.2. The third kappa shape index (κ3) is 8.89. The van der Waals surface area contributed by atoms with Gasteiger partial charge in [0.05, 0.1) is 5.69 Å². The Morgan fingerprint density at radius 2 is 1.96 bits per heavy atom. The zero-order valence-corrected chi connectivity index (χ0v) is 19.2. The van der Waals surface area contributed by atoms with Crippen LogP contribution < -0.4 is 10.6 Å².